The predicted octanol–water partition coefficient (Wildman–Crippen LogP) is 7.13. The van der Waals surface area contributed by atoms with Gasteiger partial charge in [-0.15, -0.1) is 0 Å². The summed E-state index contributed by atoms with van der Waals surface area (Å²) in [5.74, 6) is 1.84. The van der Waals surface area contributed by atoms with Gasteiger partial charge in [-0.25, -0.2) is 9.37 Å². The van der Waals surface area contributed by atoms with Gasteiger partial charge in [0.1, 0.15) is 17.4 Å². The number of rotatable bonds is 8. The molecule has 0 saturated heterocycles. The van der Waals surface area contributed by atoms with Gasteiger partial charge in [0.25, 0.3) is 0 Å². The molecule has 4 aromatic rings. The van der Waals surface area contributed by atoms with Crippen LogP contribution in [0.15, 0.2) is 66.7 Å². The Bertz CT molecular complexity index is 1180. The first kappa shape index (κ1) is 21.1. The van der Waals surface area contributed by atoms with E-state index in [-0.39, 0.29) is 5.82 Å². The Kier molecular flexibility index (Phi) is 6.36. The number of benzene rings is 3. The van der Waals surface area contributed by atoms with Crippen LogP contribution in [0.2, 0.25) is 0 Å². The lowest BCUT2D eigenvalue weighted by Crippen LogP contribution is -2.06. The fourth-order valence-electron chi connectivity index (χ4n) is 3.95. The predicted molar refractivity (Wildman–Crippen MR) is 125 cm³/mol. The monoisotopic (exact) mass is 416 g/mol. The van der Waals surface area contributed by atoms with E-state index in [9.17, 15) is 4.39 Å². The number of nitrogens with zero attached hydrogens (tertiary/aromatic N) is 2. The largest absolute Gasteiger partial charge is 0.493 e. The van der Waals surface area contributed by atoms with Gasteiger partial charge in [-0.1, -0.05) is 50.2 Å². The van der Waals surface area contributed by atoms with E-state index in [4.69, 9.17) is 9.72 Å². The zero-order valence-corrected chi connectivity index (χ0v) is 18.4. The van der Waals surface area contributed by atoms with Crippen molar-refractivity contribution < 1.29 is 9.13 Å². The smallest absolute Gasteiger partial charge is 0.144 e. The van der Waals surface area contributed by atoms with Gasteiger partial charge in [-0.3, -0.25) is 0 Å². The normalized spacial score (nSPS) is 11.4. The highest BCUT2D eigenvalue weighted by atomic mass is 19.1. The minimum Gasteiger partial charge on any atom is -0.493 e. The van der Waals surface area contributed by atoms with Crippen LogP contribution in [-0.4, -0.2) is 16.2 Å². The summed E-state index contributed by atoms with van der Waals surface area (Å²) >= 11 is 0. The number of hydrogen-bond acceptors (Lipinski definition) is 2. The maximum absolute atomic E-state index is 14.5. The lowest BCUT2D eigenvalue weighted by molar-refractivity contribution is 0.299. The molecule has 0 N–H and O–H groups in total. The van der Waals surface area contributed by atoms with E-state index in [2.05, 4.69) is 43.5 Å². The molecule has 1 heterocycles. The highest BCUT2D eigenvalue weighted by molar-refractivity contribution is 5.80. The SMILES string of the molecule is Cc1ccc(C(C)C)c(OCCCCn2c(-c3ccccc3F)nc3ccccc32)c1. The Morgan fingerprint density at radius 1 is 0.968 bits per heavy atom. The Labute approximate surface area is 183 Å². The van der Waals surface area contributed by atoms with Gasteiger partial charge in [0.2, 0.25) is 0 Å². The molecule has 3 aromatic carbocycles. The standard InChI is InChI=1S/C27H29FN2O/c1-19(2)21-15-14-20(3)18-26(21)31-17-9-8-16-30-25-13-7-6-12-24(25)29-27(30)22-10-4-5-11-23(22)28/h4-7,10-15,18-19H,8-9,16-17H2,1-3H3. The molecule has 0 radical (unpaired) electrons. The Balaban J connectivity index is 1.47. The number of aryl methyl sites for hydroxylation is 2. The zero-order chi connectivity index (χ0) is 21.8. The summed E-state index contributed by atoms with van der Waals surface area (Å²) in [4.78, 5) is 4.72. The number of aromatic nitrogens is 2. The maximum atomic E-state index is 14.5. The molecule has 4 rings (SSSR count). The van der Waals surface area contributed by atoms with Crippen LogP contribution in [0.25, 0.3) is 22.4 Å². The van der Waals surface area contributed by atoms with Crippen LogP contribution >= 0.6 is 0 Å². The van der Waals surface area contributed by atoms with Crippen LogP contribution in [0.3, 0.4) is 0 Å². The highest BCUT2D eigenvalue weighted by Gasteiger charge is 2.15. The van der Waals surface area contributed by atoms with Gasteiger partial charge in [-0.05, 0) is 67.1 Å². The van der Waals surface area contributed by atoms with E-state index in [1.54, 1.807) is 12.1 Å². The maximum Gasteiger partial charge on any atom is 0.144 e. The van der Waals surface area contributed by atoms with Crippen LogP contribution < -0.4 is 4.74 Å². The van der Waals surface area contributed by atoms with E-state index >= 15 is 0 Å². The number of halogens is 1. The van der Waals surface area contributed by atoms with Gasteiger partial charge >= 0.3 is 0 Å². The van der Waals surface area contributed by atoms with Gasteiger partial charge in [0.15, 0.2) is 0 Å². The molecular weight excluding hydrogens is 387 g/mol. The second kappa shape index (κ2) is 9.34. The zero-order valence-electron chi connectivity index (χ0n) is 18.4. The molecule has 0 amide bonds. The van der Waals surface area contributed by atoms with E-state index in [1.165, 1.54) is 17.2 Å². The molecule has 160 valence electrons. The fourth-order valence-corrected chi connectivity index (χ4v) is 3.95. The van der Waals surface area contributed by atoms with Crippen LogP contribution in [0.1, 0.15) is 43.7 Å². The molecule has 31 heavy (non-hydrogen) atoms. The molecule has 0 aliphatic carbocycles. The molecule has 4 heteroatoms. The lowest BCUT2D eigenvalue weighted by Gasteiger charge is -2.15. The molecule has 3 nitrogen and oxygen atoms in total. The number of hydrogen-bond donors (Lipinski definition) is 0. The number of unbranched alkanes of at least 4 members (excludes halogenated alkanes) is 1. The molecule has 0 atom stereocenters. The van der Waals surface area contributed by atoms with Gasteiger partial charge < -0.3 is 9.30 Å². The summed E-state index contributed by atoms with van der Waals surface area (Å²) in [6.07, 6.45) is 1.83. The minimum absolute atomic E-state index is 0.247. The van der Waals surface area contributed by atoms with Gasteiger partial charge in [0.05, 0.1) is 23.2 Å². The quantitative estimate of drug-likeness (QED) is 0.286. The second-order valence-electron chi connectivity index (χ2n) is 8.31. The summed E-state index contributed by atoms with van der Waals surface area (Å²) in [5.41, 5.74) is 4.91. The first-order valence-corrected chi connectivity index (χ1v) is 11.0. The van der Waals surface area contributed by atoms with Crippen LogP contribution in [0.4, 0.5) is 4.39 Å². The third-order valence-electron chi connectivity index (χ3n) is 5.59. The molecule has 0 fully saturated rings. The number of imidazole rings is 1. The Morgan fingerprint density at radius 3 is 2.55 bits per heavy atom. The van der Waals surface area contributed by atoms with Crippen molar-refractivity contribution in [1.82, 2.24) is 9.55 Å². The highest BCUT2D eigenvalue weighted by Crippen LogP contribution is 2.29. The van der Waals surface area contributed by atoms with E-state index in [0.29, 0.717) is 23.9 Å². The topological polar surface area (TPSA) is 27.1 Å². The number of fused-ring (bicyclic) bond motifs is 1. The van der Waals surface area contributed by atoms with E-state index in [1.807, 2.05) is 30.3 Å². The molecule has 0 aliphatic heterocycles. The van der Waals surface area contributed by atoms with Gasteiger partial charge in [0, 0.05) is 6.54 Å². The van der Waals surface area contributed by atoms with Crippen molar-refractivity contribution in [3.05, 3.63) is 83.7 Å². The Morgan fingerprint density at radius 2 is 1.74 bits per heavy atom. The minimum atomic E-state index is -0.247. The van der Waals surface area contributed by atoms with Crippen molar-refractivity contribution in [2.24, 2.45) is 0 Å². The molecule has 1 aromatic heterocycles. The van der Waals surface area contributed by atoms with Crippen molar-refractivity contribution in [3.63, 3.8) is 0 Å². The average Bonchev–Trinajstić information content (AvgIpc) is 3.12. The summed E-state index contributed by atoms with van der Waals surface area (Å²) in [6, 6.07) is 21.2. The third kappa shape index (κ3) is 4.63. The van der Waals surface area contributed by atoms with Crippen LogP contribution in [-0.2, 0) is 6.54 Å². The molecular formula is C27H29FN2O. The van der Waals surface area contributed by atoms with Crippen LogP contribution in [0.5, 0.6) is 5.75 Å². The first-order valence-electron chi connectivity index (χ1n) is 11.0. The summed E-state index contributed by atoms with van der Waals surface area (Å²) in [6.45, 7) is 7.88. The molecule has 0 unspecified atom stereocenters. The summed E-state index contributed by atoms with van der Waals surface area (Å²) in [5, 5.41) is 0. The van der Waals surface area contributed by atoms with Crippen molar-refractivity contribution in [2.75, 3.05) is 6.61 Å². The Hall–Kier alpha value is -3.14. The molecule has 0 spiro atoms. The molecule has 0 bridgehead atoms. The van der Waals surface area contributed by atoms with Gasteiger partial charge in [-0.2, -0.15) is 0 Å². The van der Waals surface area contributed by atoms with E-state index in [0.717, 1.165) is 36.2 Å². The van der Waals surface area contributed by atoms with Crippen LogP contribution in [0, 0.1) is 12.7 Å². The number of para-hydroxylation sites is 2. The van der Waals surface area contributed by atoms with Crippen molar-refractivity contribution >= 4 is 11.0 Å². The van der Waals surface area contributed by atoms with E-state index < -0.39 is 0 Å². The van der Waals surface area contributed by atoms with Crippen molar-refractivity contribution in [3.8, 4) is 17.1 Å². The lowest BCUT2D eigenvalue weighted by atomic mass is 10.0. The fraction of sp³-hybridized carbons (Fsp3) is 0.296. The summed E-state index contributed by atoms with van der Waals surface area (Å²) in [7, 11) is 0. The molecule has 0 aliphatic rings. The molecule has 0 saturated carbocycles. The van der Waals surface area contributed by atoms with Crippen molar-refractivity contribution in [1.29, 1.82) is 0 Å². The average molecular weight is 417 g/mol. The van der Waals surface area contributed by atoms with Crippen molar-refractivity contribution in [2.45, 2.75) is 46.1 Å². The first-order chi connectivity index (χ1) is 15.0. The second-order valence-corrected chi connectivity index (χ2v) is 8.31. The summed E-state index contributed by atoms with van der Waals surface area (Å²) < 4.78 is 22.7. The third-order valence-corrected chi connectivity index (χ3v) is 5.59. The number of ether oxygens (including phenoxy) is 1.